The Labute approximate surface area is 251 Å². The number of hydroxylamine groups is 4. The number of phenolic OH excluding ortho intramolecular Hbond substituents is 2. The molecule has 4 aliphatic rings. The van der Waals surface area contributed by atoms with E-state index in [0.717, 1.165) is 12.1 Å². The van der Waals surface area contributed by atoms with E-state index in [-0.39, 0.29) is 81.1 Å². The molecule has 0 unspecified atom stereocenters. The molecule has 0 saturated carbocycles. The summed E-state index contributed by atoms with van der Waals surface area (Å²) in [6.07, 6.45) is -0.872. The Hall–Kier alpha value is -6.25. The van der Waals surface area contributed by atoms with Gasteiger partial charge in [-0.25, -0.2) is 14.4 Å². The number of hydrogen-bond donors (Lipinski definition) is 2. The lowest BCUT2D eigenvalue weighted by atomic mass is 9.76. The predicted molar refractivity (Wildman–Crippen MR) is 141 cm³/mol. The summed E-state index contributed by atoms with van der Waals surface area (Å²) in [7, 11) is 0. The van der Waals surface area contributed by atoms with E-state index in [1.54, 1.807) is 0 Å². The first kappa shape index (κ1) is 27.6. The topological polar surface area (TPSA) is 203 Å². The summed E-state index contributed by atoms with van der Waals surface area (Å²) < 4.78 is 11.9. The van der Waals surface area contributed by atoms with Crippen molar-refractivity contribution in [3.8, 4) is 23.0 Å². The zero-order valence-electron chi connectivity index (χ0n) is 22.7. The normalized spacial score (nSPS) is 17.6. The van der Waals surface area contributed by atoms with E-state index in [1.165, 1.54) is 36.4 Å². The van der Waals surface area contributed by atoms with Crippen LogP contribution in [-0.2, 0) is 39.2 Å². The summed E-state index contributed by atoms with van der Waals surface area (Å²) in [4.78, 5) is 99.2. The van der Waals surface area contributed by atoms with E-state index in [9.17, 15) is 43.8 Å². The lowest BCUT2D eigenvalue weighted by Gasteiger charge is -2.36. The highest BCUT2D eigenvalue weighted by Crippen LogP contribution is 2.57. The maximum absolute atomic E-state index is 13.6. The lowest BCUT2D eigenvalue weighted by molar-refractivity contribution is -0.174. The van der Waals surface area contributed by atoms with Gasteiger partial charge >= 0.3 is 17.9 Å². The van der Waals surface area contributed by atoms with Gasteiger partial charge in [-0.2, -0.15) is 0 Å². The van der Waals surface area contributed by atoms with Crippen molar-refractivity contribution in [3.63, 3.8) is 0 Å². The molecule has 45 heavy (non-hydrogen) atoms. The van der Waals surface area contributed by atoms with Crippen LogP contribution in [-0.4, -0.2) is 61.9 Å². The molecule has 0 bridgehead atoms. The Kier molecular flexibility index (Phi) is 5.90. The second-order valence-electron chi connectivity index (χ2n) is 10.4. The number of aromatic hydroxyl groups is 2. The molecule has 226 valence electrons. The third-order valence-corrected chi connectivity index (χ3v) is 7.71. The Morgan fingerprint density at radius 2 is 1.09 bits per heavy atom. The minimum atomic E-state index is -1.87. The van der Waals surface area contributed by atoms with Crippen molar-refractivity contribution in [3.05, 3.63) is 81.9 Å². The number of hydrogen-bond acceptors (Lipinski definition) is 13. The van der Waals surface area contributed by atoms with Gasteiger partial charge in [0.05, 0.1) is 16.7 Å². The van der Waals surface area contributed by atoms with Crippen LogP contribution in [0.25, 0.3) is 0 Å². The molecule has 0 aromatic heterocycles. The second-order valence-corrected chi connectivity index (χ2v) is 10.4. The monoisotopic (exact) mass is 614 g/mol. The van der Waals surface area contributed by atoms with Gasteiger partial charge < -0.3 is 29.4 Å². The summed E-state index contributed by atoms with van der Waals surface area (Å²) in [5.74, 6) is -7.36. The van der Waals surface area contributed by atoms with Crippen molar-refractivity contribution in [2.45, 2.75) is 31.3 Å². The smallest absolute Gasteiger partial charge is 0.364 e. The first-order valence-electron chi connectivity index (χ1n) is 13.4. The SMILES string of the molecule is O=C(ON1C(=O)CCC1=O)c1cc2c(cc1C(=O)ON1C(=O)CCC1=O)C1(OC2=O)c2ccc(O)cc2Oc2cc(O)ccc21. The van der Waals surface area contributed by atoms with Crippen LogP contribution >= 0.6 is 0 Å². The highest BCUT2D eigenvalue weighted by molar-refractivity contribution is 6.10. The number of nitrogens with zero attached hydrogens (tertiary/aromatic N) is 2. The molecule has 15 nitrogen and oxygen atoms in total. The third kappa shape index (κ3) is 4.08. The van der Waals surface area contributed by atoms with Crippen molar-refractivity contribution in [1.82, 2.24) is 10.1 Å². The summed E-state index contributed by atoms with van der Waals surface area (Å²) in [5, 5.41) is 20.8. The summed E-state index contributed by atoms with van der Waals surface area (Å²) >= 11 is 0. The van der Waals surface area contributed by atoms with Crippen LogP contribution in [0.2, 0.25) is 0 Å². The predicted octanol–water partition coefficient (Wildman–Crippen LogP) is 2.11. The molecule has 2 fully saturated rings. The van der Waals surface area contributed by atoms with Crippen molar-refractivity contribution in [2.75, 3.05) is 0 Å². The number of benzene rings is 3. The van der Waals surface area contributed by atoms with Gasteiger partial charge in [-0.3, -0.25) is 19.2 Å². The van der Waals surface area contributed by atoms with Gasteiger partial charge in [-0.1, -0.05) is 0 Å². The molecular weight excluding hydrogens is 596 g/mol. The van der Waals surface area contributed by atoms with Gasteiger partial charge in [-0.05, 0) is 36.4 Å². The van der Waals surface area contributed by atoms with Gasteiger partial charge in [0.15, 0.2) is 5.60 Å². The van der Waals surface area contributed by atoms with Crippen LogP contribution in [0.15, 0.2) is 48.5 Å². The summed E-state index contributed by atoms with van der Waals surface area (Å²) in [6, 6.07) is 9.92. The summed E-state index contributed by atoms with van der Waals surface area (Å²) in [6.45, 7) is 0. The van der Waals surface area contributed by atoms with Gasteiger partial charge in [0.2, 0.25) is 0 Å². The van der Waals surface area contributed by atoms with Crippen LogP contribution in [0, 0.1) is 0 Å². The number of fused-ring (bicyclic) bond motifs is 6. The molecule has 0 radical (unpaired) electrons. The standard InChI is InChI=1S/C30H18N2O13/c33-13-1-3-18-21(9-13)42-22-10-14(34)2-4-19(22)30(18)20-12-16(29(41)45-32-25(37)7-8-26(32)38)15(11-17(20)27(39)43-30)28(40)44-31-23(35)5-6-24(31)36/h1-4,9-12,33-34H,5-8H2. The molecule has 4 heterocycles. The van der Waals surface area contributed by atoms with E-state index >= 15 is 0 Å². The fourth-order valence-corrected chi connectivity index (χ4v) is 5.66. The molecule has 3 aromatic carbocycles. The summed E-state index contributed by atoms with van der Waals surface area (Å²) in [5.41, 5.74) is -3.01. The van der Waals surface area contributed by atoms with Crippen LogP contribution in [0.4, 0.5) is 0 Å². The lowest BCUT2D eigenvalue weighted by Crippen LogP contribution is -2.35. The first-order valence-corrected chi connectivity index (χ1v) is 13.4. The first-order chi connectivity index (χ1) is 21.5. The van der Waals surface area contributed by atoms with Crippen molar-refractivity contribution < 1.29 is 62.9 Å². The maximum atomic E-state index is 13.6. The zero-order chi connectivity index (χ0) is 31.8. The minimum Gasteiger partial charge on any atom is -0.508 e. The fraction of sp³-hybridized carbons (Fsp3) is 0.167. The zero-order valence-corrected chi connectivity index (χ0v) is 22.7. The van der Waals surface area contributed by atoms with E-state index in [1.807, 2.05) is 0 Å². The number of rotatable bonds is 4. The number of imide groups is 2. The maximum Gasteiger partial charge on any atom is 0.364 e. The van der Waals surface area contributed by atoms with Gasteiger partial charge in [0.1, 0.15) is 23.0 Å². The van der Waals surface area contributed by atoms with Crippen molar-refractivity contribution in [2.24, 2.45) is 0 Å². The number of ether oxygens (including phenoxy) is 2. The number of carbonyl (C=O) groups excluding carboxylic acids is 7. The number of esters is 1. The number of amides is 4. The molecule has 0 atom stereocenters. The average molecular weight is 614 g/mol. The van der Waals surface area contributed by atoms with E-state index < -0.39 is 58.3 Å². The quantitative estimate of drug-likeness (QED) is 0.320. The Bertz CT molecular complexity index is 1860. The molecular formula is C30H18N2O13. The molecule has 3 aromatic rings. The van der Waals surface area contributed by atoms with Crippen LogP contribution in [0.5, 0.6) is 23.0 Å². The molecule has 0 aliphatic carbocycles. The molecule has 4 aliphatic heterocycles. The van der Waals surface area contributed by atoms with E-state index in [2.05, 4.69) is 0 Å². The van der Waals surface area contributed by atoms with Gasteiger partial charge in [-0.15, -0.1) is 10.1 Å². The second kappa shape index (κ2) is 9.63. The van der Waals surface area contributed by atoms with Crippen molar-refractivity contribution >= 4 is 41.5 Å². The van der Waals surface area contributed by atoms with Gasteiger partial charge in [0, 0.05) is 54.5 Å². The molecule has 7 rings (SSSR count). The molecule has 2 saturated heterocycles. The fourth-order valence-electron chi connectivity index (χ4n) is 5.66. The van der Waals surface area contributed by atoms with E-state index in [4.69, 9.17) is 19.1 Å². The Morgan fingerprint density at radius 1 is 0.644 bits per heavy atom. The van der Waals surface area contributed by atoms with Crippen molar-refractivity contribution in [1.29, 1.82) is 0 Å². The Balaban J connectivity index is 1.43. The number of phenols is 2. The molecule has 2 N–H and O–H groups in total. The van der Waals surface area contributed by atoms with Crippen LogP contribution in [0.3, 0.4) is 0 Å². The highest BCUT2D eigenvalue weighted by atomic mass is 16.7. The van der Waals surface area contributed by atoms with Crippen LogP contribution < -0.4 is 4.74 Å². The largest absolute Gasteiger partial charge is 0.508 e. The molecule has 15 heteroatoms. The number of carbonyl (C=O) groups is 7. The van der Waals surface area contributed by atoms with Gasteiger partial charge in [0.25, 0.3) is 23.6 Å². The molecule has 1 spiro atoms. The van der Waals surface area contributed by atoms with E-state index in [0.29, 0.717) is 0 Å². The average Bonchev–Trinajstić information content (AvgIpc) is 3.60. The molecule has 4 amide bonds. The highest BCUT2D eigenvalue weighted by Gasteiger charge is 2.55. The minimum absolute atomic E-state index is 0.0226. The van der Waals surface area contributed by atoms with Crippen LogP contribution in [0.1, 0.15) is 73.4 Å². The third-order valence-electron chi connectivity index (χ3n) is 7.71. The Morgan fingerprint density at radius 3 is 1.56 bits per heavy atom.